The van der Waals surface area contributed by atoms with E-state index in [2.05, 4.69) is 4.99 Å². The van der Waals surface area contributed by atoms with Gasteiger partial charge in [-0.1, -0.05) is 0 Å². The SMILES string of the molecule is COC(CN=C(N)c1ccc(F)cc1)OC. The molecule has 0 aliphatic carbocycles. The van der Waals surface area contributed by atoms with Crippen molar-refractivity contribution in [1.82, 2.24) is 0 Å². The molecule has 0 spiro atoms. The number of ether oxygens (including phenoxy) is 2. The predicted molar refractivity (Wildman–Crippen MR) is 59.8 cm³/mol. The molecular weight excluding hydrogens is 211 g/mol. The first kappa shape index (κ1) is 12.6. The Kier molecular flexibility index (Phi) is 4.88. The average Bonchev–Trinajstić information content (AvgIpc) is 2.31. The van der Waals surface area contributed by atoms with E-state index in [1.807, 2.05) is 0 Å². The largest absolute Gasteiger partial charge is 0.384 e. The summed E-state index contributed by atoms with van der Waals surface area (Å²) >= 11 is 0. The molecule has 0 fully saturated rings. The van der Waals surface area contributed by atoms with Crippen LogP contribution < -0.4 is 5.73 Å². The van der Waals surface area contributed by atoms with Crippen LogP contribution in [0.25, 0.3) is 0 Å². The fourth-order valence-corrected chi connectivity index (χ4v) is 1.13. The topological polar surface area (TPSA) is 56.8 Å². The third-order valence-electron chi connectivity index (χ3n) is 2.08. The van der Waals surface area contributed by atoms with Gasteiger partial charge < -0.3 is 15.2 Å². The summed E-state index contributed by atoms with van der Waals surface area (Å²) in [6.45, 7) is 0.302. The summed E-state index contributed by atoms with van der Waals surface area (Å²) in [5.41, 5.74) is 6.39. The van der Waals surface area contributed by atoms with Gasteiger partial charge in [0.1, 0.15) is 11.7 Å². The van der Waals surface area contributed by atoms with Crippen molar-refractivity contribution in [3.8, 4) is 0 Å². The molecule has 0 saturated heterocycles. The van der Waals surface area contributed by atoms with Crippen LogP contribution in [0.15, 0.2) is 29.3 Å². The Bertz CT molecular complexity index is 348. The molecule has 1 aromatic carbocycles. The number of aliphatic imine (C=N–C) groups is 1. The molecule has 4 nitrogen and oxygen atoms in total. The van der Waals surface area contributed by atoms with E-state index in [-0.39, 0.29) is 5.82 Å². The lowest BCUT2D eigenvalue weighted by Gasteiger charge is -2.10. The molecule has 88 valence electrons. The Hall–Kier alpha value is -1.46. The van der Waals surface area contributed by atoms with Crippen LogP contribution in [-0.2, 0) is 9.47 Å². The maximum absolute atomic E-state index is 12.7. The summed E-state index contributed by atoms with van der Waals surface area (Å²) in [5, 5.41) is 0. The van der Waals surface area contributed by atoms with Gasteiger partial charge in [-0.05, 0) is 24.3 Å². The standard InChI is InChI=1S/C11H15FN2O2/c1-15-10(16-2)7-14-11(13)8-3-5-9(12)6-4-8/h3-6,10H,7H2,1-2H3,(H2,13,14). The van der Waals surface area contributed by atoms with Gasteiger partial charge in [-0.15, -0.1) is 0 Å². The molecule has 0 heterocycles. The van der Waals surface area contributed by atoms with Crippen LogP contribution in [0.4, 0.5) is 4.39 Å². The number of nitrogens with zero attached hydrogens (tertiary/aromatic N) is 1. The molecule has 1 rings (SSSR count). The third kappa shape index (κ3) is 3.60. The first-order valence-electron chi connectivity index (χ1n) is 4.79. The Labute approximate surface area is 93.9 Å². The molecule has 0 aliphatic rings. The van der Waals surface area contributed by atoms with Crippen molar-refractivity contribution in [2.75, 3.05) is 20.8 Å². The van der Waals surface area contributed by atoms with Crippen molar-refractivity contribution in [1.29, 1.82) is 0 Å². The quantitative estimate of drug-likeness (QED) is 0.465. The van der Waals surface area contributed by atoms with Gasteiger partial charge in [-0.25, -0.2) is 4.39 Å². The molecule has 0 bridgehead atoms. The summed E-state index contributed by atoms with van der Waals surface area (Å²) in [6, 6.07) is 5.81. The molecule has 0 atom stereocenters. The van der Waals surface area contributed by atoms with Gasteiger partial charge >= 0.3 is 0 Å². The Morgan fingerprint density at radius 1 is 1.31 bits per heavy atom. The van der Waals surface area contributed by atoms with Crippen LogP contribution in [0.2, 0.25) is 0 Å². The molecule has 5 heteroatoms. The second kappa shape index (κ2) is 6.19. The monoisotopic (exact) mass is 226 g/mol. The summed E-state index contributed by atoms with van der Waals surface area (Å²) in [6.07, 6.45) is -0.418. The number of methoxy groups -OCH3 is 2. The lowest BCUT2D eigenvalue weighted by molar-refractivity contribution is -0.0936. The molecule has 0 amide bonds. The zero-order valence-corrected chi connectivity index (χ0v) is 9.31. The van der Waals surface area contributed by atoms with Crippen molar-refractivity contribution in [3.63, 3.8) is 0 Å². The maximum atomic E-state index is 12.7. The van der Waals surface area contributed by atoms with Crippen LogP contribution in [0.5, 0.6) is 0 Å². The summed E-state index contributed by atoms with van der Waals surface area (Å²) in [7, 11) is 3.05. The van der Waals surface area contributed by atoms with Crippen molar-refractivity contribution in [2.45, 2.75) is 6.29 Å². The van der Waals surface area contributed by atoms with Crippen LogP contribution in [0.3, 0.4) is 0 Å². The number of hydrogen-bond acceptors (Lipinski definition) is 3. The minimum atomic E-state index is -0.418. The lowest BCUT2D eigenvalue weighted by Crippen LogP contribution is -2.21. The van der Waals surface area contributed by atoms with Crippen molar-refractivity contribution >= 4 is 5.84 Å². The molecule has 2 N–H and O–H groups in total. The molecule has 0 unspecified atom stereocenters. The van der Waals surface area contributed by atoms with Gasteiger partial charge in [-0.3, -0.25) is 4.99 Å². The summed E-state index contributed by atoms with van der Waals surface area (Å²) in [4.78, 5) is 4.09. The van der Waals surface area contributed by atoms with Crippen molar-refractivity contribution in [2.24, 2.45) is 10.7 Å². The second-order valence-electron chi connectivity index (χ2n) is 3.13. The fraction of sp³-hybridized carbons (Fsp3) is 0.364. The zero-order valence-electron chi connectivity index (χ0n) is 9.31. The van der Waals surface area contributed by atoms with E-state index >= 15 is 0 Å². The Morgan fingerprint density at radius 2 is 1.88 bits per heavy atom. The number of nitrogens with two attached hydrogens (primary N) is 1. The Morgan fingerprint density at radius 3 is 2.38 bits per heavy atom. The minimum Gasteiger partial charge on any atom is -0.384 e. The highest BCUT2D eigenvalue weighted by Crippen LogP contribution is 2.02. The van der Waals surface area contributed by atoms with Gasteiger partial charge in [0.05, 0.1) is 6.54 Å². The molecule has 0 aliphatic heterocycles. The molecule has 0 radical (unpaired) electrons. The average molecular weight is 226 g/mol. The highest BCUT2D eigenvalue weighted by molar-refractivity contribution is 5.97. The van der Waals surface area contributed by atoms with Gasteiger partial charge in [-0.2, -0.15) is 0 Å². The smallest absolute Gasteiger partial charge is 0.176 e. The first-order valence-corrected chi connectivity index (χ1v) is 4.79. The molecular formula is C11H15FN2O2. The molecule has 0 saturated carbocycles. The molecule has 0 aromatic heterocycles. The van der Waals surface area contributed by atoms with Gasteiger partial charge in [0.2, 0.25) is 0 Å². The van der Waals surface area contributed by atoms with Crippen LogP contribution in [0, 0.1) is 5.82 Å². The highest BCUT2D eigenvalue weighted by atomic mass is 19.1. The molecule has 16 heavy (non-hydrogen) atoms. The Balaban J connectivity index is 2.66. The van der Waals surface area contributed by atoms with E-state index in [9.17, 15) is 4.39 Å². The normalized spacial score (nSPS) is 12.1. The van der Waals surface area contributed by atoms with E-state index in [1.54, 1.807) is 12.1 Å². The van der Waals surface area contributed by atoms with Gasteiger partial charge in [0.25, 0.3) is 0 Å². The summed E-state index contributed by atoms with van der Waals surface area (Å²) < 4.78 is 22.6. The predicted octanol–water partition coefficient (Wildman–Crippen LogP) is 1.15. The number of benzene rings is 1. The zero-order chi connectivity index (χ0) is 12.0. The van der Waals surface area contributed by atoms with Gasteiger partial charge in [0, 0.05) is 19.8 Å². The number of hydrogen-bond donors (Lipinski definition) is 1. The minimum absolute atomic E-state index is 0.302. The van der Waals surface area contributed by atoms with E-state index in [4.69, 9.17) is 15.2 Å². The van der Waals surface area contributed by atoms with Crippen LogP contribution in [-0.4, -0.2) is 32.9 Å². The highest BCUT2D eigenvalue weighted by Gasteiger charge is 2.04. The van der Waals surface area contributed by atoms with Crippen LogP contribution >= 0.6 is 0 Å². The third-order valence-corrected chi connectivity index (χ3v) is 2.08. The lowest BCUT2D eigenvalue weighted by atomic mass is 10.2. The van der Waals surface area contributed by atoms with E-state index in [0.29, 0.717) is 17.9 Å². The van der Waals surface area contributed by atoms with Crippen molar-refractivity contribution in [3.05, 3.63) is 35.6 Å². The van der Waals surface area contributed by atoms with Crippen LogP contribution in [0.1, 0.15) is 5.56 Å². The maximum Gasteiger partial charge on any atom is 0.176 e. The van der Waals surface area contributed by atoms with Crippen molar-refractivity contribution < 1.29 is 13.9 Å². The molecule has 1 aromatic rings. The van der Waals surface area contributed by atoms with E-state index in [1.165, 1.54) is 26.4 Å². The summed E-state index contributed by atoms with van der Waals surface area (Å²) in [5.74, 6) is 0.0299. The number of halogens is 1. The second-order valence-corrected chi connectivity index (χ2v) is 3.13. The fourth-order valence-electron chi connectivity index (χ4n) is 1.13. The first-order chi connectivity index (χ1) is 7.67. The van der Waals surface area contributed by atoms with E-state index in [0.717, 1.165) is 0 Å². The van der Waals surface area contributed by atoms with E-state index < -0.39 is 6.29 Å². The number of amidine groups is 1. The number of rotatable bonds is 5. The van der Waals surface area contributed by atoms with Gasteiger partial charge in [0.15, 0.2) is 6.29 Å².